The van der Waals surface area contributed by atoms with Gasteiger partial charge in [0.2, 0.25) is 5.89 Å². The molecule has 0 saturated heterocycles. The Morgan fingerprint density at radius 1 is 1.44 bits per heavy atom. The predicted octanol–water partition coefficient (Wildman–Crippen LogP) is 1.55. The molecule has 0 radical (unpaired) electrons. The quantitative estimate of drug-likeness (QED) is 0.853. The lowest BCUT2D eigenvalue weighted by Gasteiger charge is -2.02. The third-order valence-electron chi connectivity index (χ3n) is 2.25. The standard InChI is InChI=1S/C10H11FN4O/c1-6(12-2)9-14-15-10(16-9)7-3-4-13-5-8(7)11/h3-6,12H,1-2H3. The van der Waals surface area contributed by atoms with Crippen LogP contribution in [0.5, 0.6) is 0 Å². The second kappa shape index (κ2) is 4.36. The van der Waals surface area contributed by atoms with Crippen molar-refractivity contribution in [1.82, 2.24) is 20.5 Å². The summed E-state index contributed by atoms with van der Waals surface area (Å²) in [5.74, 6) is 0.112. The van der Waals surface area contributed by atoms with Crippen LogP contribution in [0.1, 0.15) is 18.9 Å². The van der Waals surface area contributed by atoms with Crippen molar-refractivity contribution in [3.63, 3.8) is 0 Å². The first-order valence-corrected chi connectivity index (χ1v) is 4.83. The molecule has 0 spiro atoms. The Morgan fingerprint density at radius 2 is 2.25 bits per heavy atom. The summed E-state index contributed by atoms with van der Waals surface area (Å²) in [4.78, 5) is 3.65. The molecule has 5 nitrogen and oxygen atoms in total. The van der Waals surface area contributed by atoms with Gasteiger partial charge in [0.25, 0.3) is 5.89 Å². The highest BCUT2D eigenvalue weighted by molar-refractivity contribution is 5.52. The zero-order chi connectivity index (χ0) is 11.5. The van der Waals surface area contributed by atoms with Crippen molar-refractivity contribution in [2.75, 3.05) is 7.05 Å². The number of nitrogens with zero attached hydrogens (tertiary/aromatic N) is 3. The van der Waals surface area contributed by atoms with Crippen molar-refractivity contribution in [2.24, 2.45) is 0 Å². The molecule has 0 aromatic carbocycles. The van der Waals surface area contributed by atoms with E-state index in [1.54, 1.807) is 7.05 Å². The minimum Gasteiger partial charge on any atom is -0.419 e. The van der Waals surface area contributed by atoms with E-state index in [0.717, 1.165) is 6.20 Å². The Hall–Kier alpha value is -1.82. The van der Waals surface area contributed by atoms with E-state index >= 15 is 0 Å². The number of hydrogen-bond acceptors (Lipinski definition) is 5. The maximum Gasteiger partial charge on any atom is 0.250 e. The molecule has 2 aromatic heterocycles. The topological polar surface area (TPSA) is 63.8 Å². The van der Waals surface area contributed by atoms with Crippen molar-refractivity contribution in [3.8, 4) is 11.5 Å². The summed E-state index contributed by atoms with van der Waals surface area (Å²) in [6.07, 6.45) is 2.59. The van der Waals surface area contributed by atoms with E-state index in [9.17, 15) is 4.39 Å². The van der Waals surface area contributed by atoms with Crippen LogP contribution in [0.25, 0.3) is 11.5 Å². The minimum atomic E-state index is -0.477. The van der Waals surface area contributed by atoms with Crippen LogP contribution < -0.4 is 5.32 Å². The van der Waals surface area contributed by atoms with Crippen LogP contribution in [0.15, 0.2) is 22.9 Å². The van der Waals surface area contributed by atoms with Gasteiger partial charge in [0.05, 0.1) is 17.8 Å². The molecule has 0 bridgehead atoms. The molecule has 1 atom stereocenters. The Labute approximate surface area is 91.7 Å². The van der Waals surface area contributed by atoms with Gasteiger partial charge in [-0.25, -0.2) is 4.39 Å². The Bertz CT molecular complexity index is 485. The predicted molar refractivity (Wildman–Crippen MR) is 55.0 cm³/mol. The molecule has 1 N–H and O–H groups in total. The fourth-order valence-electron chi connectivity index (χ4n) is 1.19. The van der Waals surface area contributed by atoms with Crippen molar-refractivity contribution >= 4 is 0 Å². The highest BCUT2D eigenvalue weighted by Crippen LogP contribution is 2.22. The maximum atomic E-state index is 13.4. The van der Waals surface area contributed by atoms with Gasteiger partial charge in [-0.1, -0.05) is 0 Å². The summed E-state index contributed by atoms with van der Waals surface area (Å²) in [6, 6.07) is 1.43. The zero-order valence-corrected chi connectivity index (χ0v) is 8.94. The number of aromatic nitrogens is 3. The van der Waals surface area contributed by atoms with Crippen LogP contribution in [-0.4, -0.2) is 22.2 Å². The van der Waals surface area contributed by atoms with Crippen LogP contribution in [0.2, 0.25) is 0 Å². The second-order valence-electron chi connectivity index (χ2n) is 3.31. The van der Waals surface area contributed by atoms with Gasteiger partial charge in [-0.05, 0) is 20.0 Å². The van der Waals surface area contributed by atoms with Gasteiger partial charge in [0.15, 0.2) is 5.82 Å². The fraction of sp³-hybridized carbons (Fsp3) is 0.300. The average Bonchev–Trinajstić information content (AvgIpc) is 2.78. The molecule has 2 rings (SSSR count). The second-order valence-corrected chi connectivity index (χ2v) is 3.31. The van der Waals surface area contributed by atoms with E-state index in [1.807, 2.05) is 6.92 Å². The van der Waals surface area contributed by atoms with Crippen molar-refractivity contribution in [3.05, 3.63) is 30.2 Å². The molecule has 2 aromatic rings. The van der Waals surface area contributed by atoms with E-state index < -0.39 is 5.82 Å². The highest BCUT2D eigenvalue weighted by atomic mass is 19.1. The average molecular weight is 222 g/mol. The van der Waals surface area contributed by atoms with Gasteiger partial charge < -0.3 is 9.73 Å². The summed E-state index contributed by atoms with van der Waals surface area (Å²) in [5.41, 5.74) is 0.261. The molecule has 84 valence electrons. The molecule has 0 saturated carbocycles. The Kier molecular flexibility index (Phi) is 2.91. The summed E-state index contributed by atoms with van der Waals surface area (Å²) < 4.78 is 18.7. The SMILES string of the molecule is CNC(C)c1nnc(-c2ccncc2F)o1. The zero-order valence-electron chi connectivity index (χ0n) is 8.94. The summed E-state index contributed by atoms with van der Waals surface area (Å²) in [7, 11) is 1.78. The lowest BCUT2D eigenvalue weighted by molar-refractivity contribution is 0.439. The molecule has 2 heterocycles. The van der Waals surface area contributed by atoms with E-state index in [4.69, 9.17) is 4.42 Å². The van der Waals surface area contributed by atoms with Crippen LogP contribution in [0.3, 0.4) is 0 Å². The number of pyridine rings is 1. The van der Waals surface area contributed by atoms with Crippen LogP contribution in [-0.2, 0) is 0 Å². The van der Waals surface area contributed by atoms with E-state index in [-0.39, 0.29) is 17.5 Å². The molecule has 1 unspecified atom stereocenters. The molecular weight excluding hydrogens is 211 g/mol. The number of hydrogen-bond donors (Lipinski definition) is 1. The van der Waals surface area contributed by atoms with E-state index in [2.05, 4.69) is 20.5 Å². The van der Waals surface area contributed by atoms with Gasteiger partial charge >= 0.3 is 0 Å². The summed E-state index contributed by atoms with van der Waals surface area (Å²) in [6.45, 7) is 1.88. The van der Waals surface area contributed by atoms with Gasteiger partial charge in [0, 0.05) is 6.20 Å². The maximum absolute atomic E-state index is 13.4. The molecule has 6 heteroatoms. The molecule has 0 aliphatic carbocycles. The third kappa shape index (κ3) is 1.92. The molecular formula is C10H11FN4O. The van der Waals surface area contributed by atoms with Crippen LogP contribution >= 0.6 is 0 Å². The molecule has 0 aliphatic heterocycles. The summed E-state index contributed by atoms with van der Waals surface area (Å²) >= 11 is 0. The van der Waals surface area contributed by atoms with Crippen molar-refractivity contribution < 1.29 is 8.81 Å². The first kappa shape index (κ1) is 10.7. The van der Waals surface area contributed by atoms with E-state index in [1.165, 1.54) is 12.3 Å². The van der Waals surface area contributed by atoms with Gasteiger partial charge in [-0.15, -0.1) is 10.2 Å². The van der Waals surface area contributed by atoms with Gasteiger partial charge in [0.1, 0.15) is 0 Å². The monoisotopic (exact) mass is 222 g/mol. The lowest BCUT2D eigenvalue weighted by Crippen LogP contribution is -2.12. The first-order chi connectivity index (χ1) is 7.72. The molecule has 0 aliphatic rings. The van der Waals surface area contributed by atoms with Crippen molar-refractivity contribution in [1.29, 1.82) is 0 Å². The van der Waals surface area contributed by atoms with Gasteiger partial charge in [-0.2, -0.15) is 0 Å². The molecule has 0 fully saturated rings. The van der Waals surface area contributed by atoms with Crippen molar-refractivity contribution in [2.45, 2.75) is 13.0 Å². The van der Waals surface area contributed by atoms with Crippen LogP contribution in [0.4, 0.5) is 4.39 Å². The van der Waals surface area contributed by atoms with Crippen LogP contribution in [0, 0.1) is 5.82 Å². The Morgan fingerprint density at radius 3 is 2.94 bits per heavy atom. The smallest absolute Gasteiger partial charge is 0.250 e. The lowest BCUT2D eigenvalue weighted by atomic mass is 10.2. The molecule has 16 heavy (non-hydrogen) atoms. The van der Waals surface area contributed by atoms with Gasteiger partial charge in [-0.3, -0.25) is 4.98 Å². The number of nitrogens with one attached hydrogen (secondary N) is 1. The normalized spacial score (nSPS) is 12.7. The Balaban J connectivity index is 2.35. The highest BCUT2D eigenvalue weighted by Gasteiger charge is 2.15. The fourth-order valence-corrected chi connectivity index (χ4v) is 1.19. The number of rotatable bonds is 3. The van der Waals surface area contributed by atoms with E-state index in [0.29, 0.717) is 5.89 Å². The first-order valence-electron chi connectivity index (χ1n) is 4.83. The summed E-state index contributed by atoms with van der Waals surface area (Å²) in [5, 5.41) is 10.6. The number of halogens is 1. The third-order valence-corrected chi connectivity index (χ3v) is 2.25. The largest absolute Gasteiger partial charge is 0.419 e. The minimum absolute atomic E-state index is 0.0638. The molecule has 0 amide bonds.